The van der Waals surface area contributed by atoms with Crippen LogP contribution in [0.15, 0.2) is 125 Å². The zero-order chi connectivity index (χ0) is 28.6. The van der Waals surface area contributed by atoms with E-state index >= 15 is 0 Å². The minimum Gasteiger partial charge on any atom is -0.861 e. The van der Waals surface area contributed by atoms with Gasteiger partial charge in [-0.15, -0.1) is 0 Å². The molecule has 208 valence electrons. The maximum absolute atomic E-state index is 13.6. The Kier molecular flexibility index (Phi) is 11.2. The summed E-state index contributed by atoms with van der Waals surface area (Å²) in [6, 6.07) is 33.1. The number of hydrogen-bond acceptors (Lipinski definition) is 6. The van der Waals surface area contributed by atoms with E-state index in [9.17, 15) is 20.1 Å². The number of aliphatic hydroxyl groups excluding tert-OH is 1. The zero-order valence-corrected chi connectivity index (χ0v) is 25.6. The molecule has 0 bridgehead atoms. The van der Waals surface area contributed by atoms with E-state index in [-0.39, 0.29) is 41.5 Å². The first kappa shape index (κ1) is 31.3. The second-order valence-electron chi connectivity index (χ2n) is 10.1. The average molecular weight is 570 g/mol. The number of hydrogen-bond donors (Lipinski definition) is 2. The summed E-state index contributed by atoms with van der Waals surface area (Å²) in [5, 5.41) is 34.7. The summed E-state index contributed by atoms with van der Waals surface area (Å²) >= 11 is 0. The van der Waals surface area contributed by atoms with Gasteiger partial charge < -0.3 is 15.3 Å². The molecule has 0 unspecified atom stereocenters. The summed E-state index contributed by atoms with van der Waals surface area (Å²) in [6.07, 6.45) is 0.263. The number of benzene rings is 4. The van der Waals surface area contributed by atoms with Gasteiger partial charge in [0.15, 0.2) is 6.04 Å². The van der Waals surface area contributed by atoms with Crippen molar-refractivity contribution in [3.63, 3.8) is 0 Å². The molecule has 2 N–H and O–H groups in total. The summed E-state index contributed by atoms with van der Waals surface area (Å²) in [4.78, 5) is 23.7. The summed E-state index contributed by atoms with van der Waals surface area (Å²) in [5.41, 5.74) is 3.51. The quantitative estimate of drug-likeness (QED) is 0.172. The van der Waals surface area contributed by atoms with Crippen LogP contribution in [-0.2, 0) is 11.3 Å². The summed E-state index contributed by atoms with van der Waals surface area (Å²) in [5.74, 6) is -1.50. The molecule has 4 aromatic rings. The predicted octanol–water partition coefficient (Wildman–Crippen LogP) is 1.77. The van der Waals surface area contributed by atoms with Crippen molar-refractivity contribution in [2.24, 2.45) is 9.98 Å². The molecule has 1 aliphatic heterocycles. The van der Waals surface area contributed by atoms with Crippen LogP contribution in [0, 0.1) is 0 Å². The molecule has 1 fully saturated rings. The standard InChI is InChI=1S/C34H33N3O4.Na/c38-32(26-17-8-3-9-18-26)31(34(40)41)36-30(25-15-6-2-7-16-25)27-19-10-11-20-28(27)35-33(39)29-21-12-22-37(29)23-24-13-4-1-5-14-24;/h1-11,13-20,29,31-32,38H,12,21-23H2,(H,35,39)(H,40,41);/q;+1/p-1/t29-,31+,32-;/m0./s1. The van der Waals surface area contributed by atoms with E-state index in [1.807, 2.05) is 48.5 Å². The molecule has 8 heteroatoms. The third-order valence-electron chi connectivity index (χ3n) is 7.28. The van der Waals surface area contributed by atoms with Crippen LogP contribution in [0.4, 0.5) is 5.69 Å². The van der Waals surface area contributed by atoms with Crippen molar-refractivity contribution in [2.45, 2.75) is 37.6 Å². The van der Waals surface area contributed by atoms with E-state index in [2.05, 4.69) is 27.0 Å². The van der Waals surface area contributed by atoms with Gasteiger partial charge >= 0.3 is 35.5 Å². The second kappa shape index (κ2) is 15.0. The maximum atomic E-state index is 13.6. The van der Waals surface area contributed by atoms with Crippen LogP contribution < -0.4 is 34.7 Å². The molecule has 0 radical (unpaired) electrons. The van der Waals surface area contributed by atoms with Crippen LogP contribution in [0.2, 0.25) is 0 Å². The largest absolute Gasteiger partial charge is 1.00 e. The van der Waals surface area contributed by atoms with Crippen LogP contribution in [0.25, 0.3) is 0 Å². The number of aliphatic carboxylic acids is 1. The van der Waals surface area contributed by atoms with E-state index in [1.165, 1.54) is 0 Å². The van der Waals surface area contributed by atoms with Gasteiger partial charge in [-0.05, 0) is 42.5 Å². The minimum atomic E-state index is -1.48. The predicted molar refractivity (Wildman–Crippen MR) is 158 cm³/mol. The number of likely N-dealkylation sites (tertiary alicyclic amines) is 1. The van der Waals surface area contributed by atoms with E-state index in [0.717, 1.165) is 24.9 Å². The van der Waals surface area contributed by atoms with E-state index in [1.54, 1.807) is 54.6 Å². The Labute approximate surface area is 268 Å². The Hall–Kier alpha value is -3.59. The van der Waals surface area contributed by atoms with E-state index < -0.39 is 18.1 Å². The smallest absolute Gasteiger partial charge is 0.861 e. The molecular weight excluding hydrogens is 537 g/mol. The Morgan fingerprint density at radius 1 is 0.881 bits per heavy atom. The molecule has 0 spiro atoms. The van der Waals surface area contributed by atoms with Gasteiger partial charge in [-0.3, -0.25) is 14.9 Å². The first-order chi connectivity index (χ1) is 20.0. The fraction of sp³-hybridized carbons (Fsp3) is 0.206. The number of nitrogens with zero attached hydrogens (tertiary/aromatic N) is 3. The third kappa shape index (κ3) is 7.62. The SMILES string of the molecule is O=C(O)[C@H](N=C(c1ccccc1)c1ccccc1N=C([O-])[C@@H]1CCCN1Cc1ccccc1)[C@@H](O)c1ccccc1.[Na+]. The van der Waals surface area contributed by atoms with Crippen molar-refractivity contribution < 1.29 is 49.7 Å². The van der Waals surface area contributed by atoms with Gasteiger partial charge in [0, 0.05) is 23.7 Å². The second-order valence-corrected chi connectivity index (χ2v) is 10.1. The minimum absolute atomic E-state index is 0. The van der Waals surface area contributed by atoms with Gasteiger partial charge in [-0.25, -0.2) is 4.79 Å². The van der Waals surface area contributed by atoms with Crippen molar-refractivity contribution in [1.82, 2.24) is 4.90 Å². The Morgan fingerprint density at radius 2 is 1.48 bits per heavy atom. The molecule has 0 aliphatic carbocycles. The average Bonchev–Trinajstić information content (AvgIpc) is 3.47. The van der Waals surface area contributed by atoms with Crippen molar-refractivity contribution in [1.29, 1.82) is 0 Å². The van der Waals surface area contributed by atoms with Crippen molar-refractivity contribution in [3.05, 3.63) is 138 Å². The monoisotopic (exact) mass is 569 g/mol. The van der Waals surface area contributed by atoms with Gasteiger partial charge in [0.2, 0.25) is 0 Å². The molecule has 1 saturated heterocycles. The van der Waals surface area contributed by atoms with Gasteiger partial charge in [-0.2, -0.15) is 0 Å². The molecule has 5 rings (SSSR count). The molecule has 7 nitrogen and oxygen atoms in total. The molecule has 1 aliphatic rings. The number of rotatable bonds is 10. The number of aliphatic imine (C=N–C) groups is 2. The first-order valence-electron chi connectivity index (χ1n) is 13.7. The van der Waals surface area contributed by atoms with Gasteiger partial charge in [-0.1, -0.05) is 109 Å². The normalized spacial score (nSPS) is 17.3. The van der Waals surface area contributed by atoms with Crippen molar-refractivity contribution in [2.75, 3.05) is 6.54 Å². The Bertz CT molecular complexity index is 1510. The third-order valence-corrected chi connectivity index (χ3v) is 7.28. The molecular formula is C34H32N3NaO4. The molecule has 0 aromatic heterocycles. The molecule has 4 aromatic carbocycles. The fourth-order valence-electron chi connectivity index (χ4n) is 5.21. The van der Waals surface area contributed by atoms with Crippen LogP contribution in [0.5, 0.6) is 0 Å². The van der Waals surface area contributed by atoms with Crippen LogP contribution >= 0.6 is 0 Å². The first-order valence-corrected chi connectivity index (χ1v) is 13.7. The van der Waals surface area contributed by atoms with Crippen LogP contribution in [-0.4, -0.2) is 51.3 Å². The van der Waals surface area contributed by atoms with Crippen molar-refractivity contribution in [3.8, 4) is 0 Å². The zero-order valence-electron chi connectivity index (χ0n) is 23.6. The Balaban J connectivity index is 0.00000405. The van der Waals surface area contributed by atoms with E-state index in [4.69, 9.17) is 0 Å². The number of para-hydroxylation sites is 1. The van der Waals surface area contributed by atoms with E-state index in [0.29, 0.717) is 34.6 Å². The Morgan fingerprint density at radius 3 is 2.14 bits per heavy atom. The number of carboxylic acids is 1. The summed E-state index contributed by atoms with van der Waals surface area (Å²) in [6.45, 7) is 1.49. The van der Waals surface area contributed by atoms with Gasteiger partial charge in [0.25, 0.3) is 0 Å². The van der Waals surface area contributed by atoms with Crippen molar-refractivity contribution >= 4 is 23.3 Å². The summed E-state index contributed by atoms with van der Waals surface area (Å²) < 4.78 is 0. The number of carbonyl (C=O) groups is 1. The van der Waals surface area contributed by atoms with Crippen LogP contribution in [0.3, 0.4) is 0 Å². The topological polar surface area (TPSA) is 109 Å². The number of carboxylic acid groups (broad SMARTS) is 1. The molecule has 42 heavy (non-hydrogen) atoms. The molecule has 3 atom stereocenters. The maximum Gasteiger partial charge on any atom is 1.00 e. The molecule has 0 saturated carbocycles. The molecule has 0 amide bonds. The summed E-state index contributed by atoms with van der Waals surface area (Å²) in [7, 11) is 0. The van der Waals surface area contributed by atoms with Crippen LogP contribution in [0.1, 0.15) is 41.2 Å². The van der Waals surface area contributed by atoms with Gasteiger partial charge in [0.1, 0.15) is 6.10 Å². The van der Waals surface area contributed by atoms with Gasteiger partial charge in [0.05, 0.1) is 11.4 Å². The molecule has 1 heterocycles. The fourth-order valence-corrected chi connectivity index (χ4v) is 5.21. The number of aliphatic hydroxyl groups is 1.